The lowest BCUT2D eigenvalue weighted by molar-refractivity contribution is 0.474. The predicted octanol–water partition coefficient (Wildman–Crippen LogP) is 6.27. The van der Waals surface area contributed by atoms with E-state index in [4.69, 9.17) is 9.15 Å². The van der Waals surface area contributed by atoms with E-state index in [1.54, 1.807) is 71.5 Å². The van der Waals surface area contributed by atoms with Crippen molar-refractivity contribution in [2.24, 2.45) is 7.05 Å². The van der Waals surface area contributed by atoms with Gasteiger partial charge >= 0.3 is 0 Å². The van der Waals surface area contributed by atoms with Gasteiger partial charge in [0, 0.05) is 37.1 Å². The van der Waals surface area contributed by atoms with Crippen LogP contribution in [-0.4, -0.2) is 30.8 Å². The molecule has 0 radical (unpaired) electrons. The summed E-state index contributed by atoms with van der Waals surface area (Å²) in [5.74, 6) is 0.922. The van der Waals surface area contributed by atoms with E-state index in [-0.39, 0.29) is 17.1 Å². The third kappa shape index (κ3) is 5.19. The Hall–Kier alpha value is -4.16. The molecule has 0 atom stereocenters. The largest absolute Gasteiger partial charge is 0.456 e. The molecule has 40 heavy (non-hydrogen) atoms. The third-order valence-corrected chi connectivity index (χ3v) is 8.86. The quantitative estimate of drug-likeness (QED) is 0.221. The Morgan fingerprint density at radius 2 is 1.85 bits per heavy atom. The molecule has 0 spiro atoms. The number of hydrogen-bond acceptors (Lipinski definition) is 8. The number of nitrogens with one attached hydrogen (secondary N) is 2. The van der Waals surface area contributed by atoms with Gasteiger partial charge in [-0.1, -0.05) is 0 Å². The molecule has 208 valence electrons. The molecule has 0 fully saturated rings. The fraction of sp³-hybridized carbons (Fsp3) is 0.214. The van der Waals surface area contributed by atoms with Crippen LogP contribution in [0.15, 0.2) is 58.0 Å². The highest BCUT2D eigenvalue weighted by molar-refractivity contribution is 7.92. The fourth-order valence-corrected chi connectivity index (χ4v) is 6.13. The summed E-state index contributed by atoms with van der Waals surface area (Å²) in [5.41, 5.74) is 2.53. The van der Waals surface area contributed by atoms with Gasteiger partial charge in [-0.3, -0.25) is 9.52 Å². The number of sulfonamides is 1. The lowest BCUT2D eigenvalue weighted by Crippen LogP contribution is -2.16. The molecule has 9 nitrogen and oxygen atoms in total. The maximum Gasteiger partial charge on any atom is 0.294 e. The molecular formula is C28H27FN4O5S2. The van der Waals surface area contributed by atoms with Crippen molar-refractivity contribution in [3.63, 3.8) is 0 Å². The van der Waals surface area contributed by atoms with Gasteiger partial charge in [0.05, 0.1) is 26.9 Å². The molecule has 0 saturated carbocycles. The number of aryl methyl sites for hydroxylation is 3. The number of benzene rings is 2. The van der Waals surface area contributed by atoms with Crippen molar-refractivity contribution in [2.75, 3.05) is 22.8 Å². The van der Waals surface area contributed by atoms with Crippen molar-refractivity contribution in [1.29, 1.82) is 0 Å². The maximum atomic E-state index is 14.0. The molecule has 0 aliphatic carbocycles. The molecule has 5 rings (SSSR count). The molecule has 0 amide bonds. The van der Waals surface area contributed by atoms with E-state index >= 15 is 0 Å². The van der Waals surface area contributed by atoms with Crippen molar-refractivity contribution in [3.8, 4) is 33.3 Å². The van der Waals surface area contributed by atoms with E-state index in [1.165, 1.54) is 28.0 Å². The SMILES string of the molecule is CCS(=O)(=O)Nc1ccc(Oc2c(C)cc(F)cc2C)c(-c2cn(C)c(=O)c3cc(-c4cnc(NC)o4)sc23)c1. The summed E-state index contributed by atoms with van der Waals surface area (Å²) >= 11 is 1.35. The lowest BCUT2D eigenvalue weighted by Gasteiger charge is -2.18. The van der Waals surface area contributed by atoms with Gasteiger partial charge in [-0.05, 0) is 68.3 Å². The van der Waals surface area contributed by atoms with Gasteiger partial charge in [-0.25, -0.2) is 17.8 Å². The molecule has 0 aliphatic heterocycles. The monoisotopic (exact) mass is 582 g/mol. The van der Waals surface area contributed by atoms with Crippen LogP contribution in [0.2, 0.25) is 0 Å². The zero-order valence-corrected chi connectivity index (χ0v) is 24.1. The average molecular weight is 583 g/mol. The van der Waals surface area contributed by atoms with Crippen molar-refractivity contribution in [1.82, 2.24) is 9.55 Å². The Kier molecular flexibility index (Phi) is 7.15. The number of halogens is 1. The van der Waals surface area contributed by atoms with Crippen LogP contribution in [0.5, 0.6) is 11.5 Å². The molecule has 5 aromatic rings. The zero-order chi connectivity index (χ0) is 28.8. The van der Waals surface area contributed by atoms with Crippen LogP contribution in [-0.2, 0) is 17.1 Å². The highest BCUT2D eigenvalue weighted by atomic mass is 32.2. The van der Waals surface area contributed by atoms with Gasteiger partial charge in [0.2, 0.25) is 10.0 Å². The minimum Gasteiger partial charge on any atom is -0.456 e. The first-order valence-electron chi connectivity index (χ1n) is 12.4. The second kappa shape index (κ2) is 10.4. The molecule has 12 heteroatoms. The van der Waals surface area contributed by atoms with Crippen LogP contribution in [0, 0.1) is 19.7 Å². The van der Waals surface area contributed by atoms with Gasteiger partial charge in [0.15, 0.2) is 5.76 Å². The summed E-state index contributed by atoms with van der Waals surface area (Å²) in [6, 6.07) is 9.81. The molecule has 0 saturated heterocycles. The lowest BCUT2D eigenvalue weighted by atomic mass is 10.0. The van der Waals surface area contributed by atoms with Crippen LogP contribution >= 0.6 is 11.3 Å². The normalized spacial score (nSPS) is 11.7. The van der Waals surface area contributed by atoms with Crippen LogP contribution in [0.4, 0.5) is 16.1 Å². The van der Waals surface area contributed by atoms with Crippen LogP contribution in [0.1, 0.15) is 18.1 Å². The highest BCUT2D eigenvalue weighted by Crippen LogP contribution is 2.44. The predicted molar refractivity (Wildman–Crippen MR) is 157 cm³/mol. The molecule has 3 aromatic heterocycles. The molecule has 2 N–H and O–H groups in total. The number of ether oxygens (including phenoxy) is 1. The molecule has 0 bridgehead atoms. The maximum absolute atomic E-state index is 14.0. The van der Waals surface area contributed by atoms with Crippen LogP contribution in [0.25, 0.3) is 31.9 Å². The molecule has 0 aliphatic rings. The number of oxazole rings is 1. The summed E-state index contributed by atoms with van der Waals surface area (Å²) in [7, 11) is -0.219. The van der Waals surface area contributed by atoms with Gasteiger partial charge in [0.1, 0.15) is 17.3 Å². The molecule has 2 aromatic carbocycles. The van der Waals surface area contributed by atoms with Gasteiger partial charge < -0.3 is 19.0 Å². The van der Waals surface area contributed by atoms with E-state index in [1.807, 2.05) is 0 Å². The van der Waals surface area contributed by atoms with E-state index in [0.29, 0.717) is 66.2 Å². The average Bonchev–Trinajstić information content (AvgIpc) is 3.56. The van der Waals surface area contributed by atoms with Crippen molar-refractivity contribution >= 4 is 43.1 Å². The first-order chi connectivity index (χ1) is 19.0. The van der Waals surface area contributed by atoms with Gasteiger partial charge in [-0.15, -0.1) is 11.3 Å². The van der Waals surface area contributed by atoms with Gasteiger partial charge in [-0.2, -0.15) is 0 Å². The van der Waals surface area contributed by atoms with Crippen LogP contribution in [0.3, 0.4) is 0 Å². The molecular weight excluding hydrogens is 555 g/mol. The number of thiophene rings is 1. The second-order valence-corrected chi connectivity index (χ2v) is 12.3. The summed E-state index contributed by atoms with van der Waals surface area (Å²) in [4.78, 5) is 18.0. The first kappa shape index (κ1) is 27.4. The standard InChI is InChI=1S/C28H27FN4O5S2/c1-6-40(35,36)32-18-7-8-22(37-25-15(2)9-17(29)10-16(25)3)19(11-18)21-14-33(5)27(34)20-12-24(39-26(20)21)23-13-31-28(30-4)38-23/h7-14,32H,6H2,1-5H3,(H,30,31). The Labute approximate surface area is 234 Å². The van der Waals surface area contributed by atoms with Crippen molar-refractivity contribution < 1.29 is 22.0 Å². The number of pyridine rings is 1. The summed E-state index contributed by atoms with van der Waals surface area (Å²) in [5, 5.41) is 3.31. The number of aromatic nitrogens is 2. The van der Waals surface area contributed by atoms with E-state index in [9.17, 15) is 17.6 Å². The Balaban J connectivity index is 1.74. The summed E-state index contributed by atoms with van der Waals surface area (Å²) < 4.78 is 55.5. The summed E-state index contributed by atoms with van der Waals surface area (Å²) in [6.45, 7) is 5.05. The zero-order valence-electron chi connectivity index (χ0n) is 22.5. The fourth-order valence-electron chi connectivity index (χ4n) is 4.38. The van der Waals surface area contributed by atoms with Crippen LogP contribution < -0.4 is 20.3 Å². The first-order valence-corrected chi connectivity index (χ1v) is 14.8. The van der Waals surface area contributed by atoms with E-state index in [0.717, 1.165) is 0 Å². The number of rotatable bonds is 8. The topological polar surface area (TPSA) is 115 Å². The van der Waals surface area contributed by atoms with E-state index in [2.05, 4.69) is 15.0 Å². The number of fused-ring (bicyclic) bond motifs is 1. The van der Waals surface area contributed by atoms with Gasteiger partial charge in [0.25, 0.3) is 11.6 Å². The molecule has 0 unspecified atom stereocenters. The minimum absolute atomic E-state index is 0.0985. The summed E-state index contributed by atoms with van der Waals surface area (Å²) in [6.07, 6.45) is 3.27. The van der Waals surface area contributed by atoms with Crippen molar-refractivity contribution in [3.05, 3.63) is 76.1 Å². The van der Waals surface area contributed by atoms with E-state index < -0.39 is 10.0 Å². The number of nitrogens with zero attached hydrogens (tertiary/aromatic N) is 2. The Morgan fingerprint density at radius 3 is 2.50 bits per heavy atom. The third-order valence-electron chi connectivity index (χ3n) is 6.37. The highest BCUT2D eigenvalue weighted by Gasteiger charge is 2.21. The smallest absolute Gasteiger partial charge is 0.294 e. The van der Waals surface area contributed by atoms with Crippen molar-refractivity contribution in [2.45, 2.75) is 20.8 Å². The minimum atomic E-state index is -3.56. The second-order valence-electron chi connectivity index (χ2n) is 9.28. The Bertz CT molecular complexity index is 1900. The number of hydrogen-bond donors (Lipinski definition) is 2. The molecule has 3 heterocycles. The number of anilines is 2. The Morgan fingerprint density at radius 1 is 1.12 bits per heavy atom.